The first-order chi connectivity index (χ1) is 18.3. The van der Waals surface area contributed by atoms with Crippen molar-refractivity contribution in [3.8, 4) is 11.8 Å². The van der Waals surface area contributed by atoms with Gasteiger partial charge in [0.2, 0.25) is 5.91 Å². The number of rotatable bonds is 9. The molecule has 0 fully saturated rings. The number of amides is 3. The van der Waals surface area contributed by atoms with Gasteiger partial charge >= 0.3 is 0 Å². The molecule has 3 amide bonds. The largest absolute Gasteiger partial charge is 0.339 e. The van der Waals surface area contributed by atoms with E-state index in [1.165, 1.54) is 11.5 Å². The Bertz CT molecular complexity index is 1350. The fourth-order valence-electron chi connectivity index (χ4n) is 3.22. The number of carbonyl (C=O) groups is 3. The Balaban J connectivity index is 1.49. The van der Waals surface area contributed by atoms with Crippen molar-refractivity contribution >= 4 is 23.4 Å². The van der Waals surface area contributed by atoms with Crippen LogP contribution in [0.4, 0.5) is 14.5 Å². The number of nitrogens with two attached hydrogens (primary N) is 1. The van der Waals surface area contributed by atoms with E-state index in [4.69, 9.17) is 10.9 Å². The molecule has 0 saturated heterocycles. The van der Waals surface area contributed by atoms with Crippen molar-refractivity contribution in [3.63, 3.8) is 0 Å². The highest BCUT2D eigenvalue weighted by molar-refractivity contribution is 5.97. The quantitative estimate of drug-likeness (QED) is 0.144. The van der Waals surface area contributed by atoms with Crippen molar-refractivity contribution in [2.75, 3.05) is 18.4 Å². The topological polar surface area (TPSA) is 146 Å². The summed E-state index contributed by atoms with van der Waals surface area (Å²) >= 11 is 0. The van der Waals surface area contributed by atoms with E-state index in [-0.39, 0.29) is 36.7 Å². The Morgan fingerprint density at radius 2 is 1.55 bits per heavy atom. The first kappa shape index (κ1) is 27.9. The fraction of sp³-hybridized carbons (Fsp3) is 0.148. The van der Waals surface area contributed by atoms with Gasteiger partial charge in [-0.25, -0.2) is 14.3 Å². The van der Waals surface area contributed by atoms with Crippen LogP contribution in [0.25, 0.3) is 0 Å². The molecule has 3 aromatic carbocycles. The smallest absolute Gasteiger partial charge is 0.267 e. The lowest BCUT2D eigenvalue weighted by Gasteiger charge is -2.14. The van der Waals surface area contributed by atoms with Crippen molar-refractivity contribution in [2.45, 2.75) is 12.6 Å². The van der Waals surface area contributed by atoms with Gasteiger partial charge in [0.1, 0.15) is 17.7 Å². The number of hydrogen-bond donors (Lipinski definition) is 6. The van der Waals surface area contributed by atoms with Crippen LogP contribution in [0, 0.1) is 23.5 Å². The van der Waals surface area contributed by atoms with E-state index < -0.39 is 29.5 Å². The van der Waals surface area contributed by atoms with Crippen molar-refractivity contribution in [1.82, 2.24) is 16.1 Å². The third-order valence-electron chi connectivity index (χ3n) is 5.25. The molecule has 0 aliphatic heterocycles. The summed E-state index contributed by atoms with van der Waals surface area (Å²) in [7, 11) is 0. The molecule has 7 N–H and O–H groups in total. The summed E-state index contributed by atoms with van der Waals surface area (Å²) in [4.78, 5) is 35.8. The van der Waals surface area contributed by atoms with Gasteiger partial charge in [0.05, 0.1) is 6.54 Å². The van der Waals surface area contributed by atoms with Gasteiger partial charge in [0, 0.05) is 47.1 Å². The Morgan fingerprint density at radius 1 is 0.921 bits per heavy atom. The summed E-state index contributed by atoms with van der Waals surface area (Å²) in [5, 5.41) is 16.6. The maximum atomic E-state index is 13.6. The number of nitrogens with one attached hydrogen (secondary N) is 4. The van der Waals surface area contributed by atoms with Gasteiger partial charge in [-0.15, -0.1) is 0 Å². The standard InChI is InChI=1S/C27H25F2N5O4/c28-21-10-9-20(23(29)13-21)15-31-16-25(35)32-22-11-5-18(6-12-22)2-1-17-3-7-19(8-4-17)26(36)33-24(14-30)27(37)34-38/h3-13,24,31,38H,14-16,30H2,(H,32,35)(H,33,36)(H,34,37)/t24-/m0/s1. The van der Waals surface area contributed by atoms with Gasteiger partial charge in [0.25, 0.3) is 11.8 Å². The Morgan fingerprint density at radius 3 is 2.13 bits per heavy atom. The van der Waals surface area contributed by atoms with Crippen LogP contribution in [0.5, 0.6) is 0 Å². The second-order valence-corrected chi connectivity index (χ2v) is 8.03. The molecule has 0 saturated carbocycles. The van der Waals surface area contributed by atoms with Crippen molar-refractivity contribution in [1.29, 1.82) is 0 Å². The molecular weight excluding hydrogens is 496 g/mol. The van der Waals surface area contributed by atoms with Gasteiger partial charge in [-0.2, -0.15) is 0 Å². The molecule has 0 aliphatic carbocycles. The number of hydrogen-bond acceptors (Lipinski definition) is 6. The summed E-state index contributed by atoms with van der Waals surface area (Å²) in [6, 6.07) is 15.4. The predicted octanol–water partition coefficient (Wildman–Crippen LogP) is 1.66. The molecule has 3 aromatic rings. The molecule has 0 spiro atoms. The molecule has 0 bridgehead atoms. The molecular formula is C27H25F2N5O4. The molecule has 0 radical (unpaired) electrons. The lowest BCUT2D eigenvalue weighted by atomic mass is 10.1. The van der Waals surface area contributed by atoms with E-state index in [1.54, 1.807) is 48.5 Å². The van der Waals surface area contributed by atoms with E-state index in [0.717, 1.165) is 12.1 Å². The Hall–Kier alpha value is -4.63. The SMILES string of the molecule is NC[C@H](NC(=O)c1ccc(C#Cc2ccc(NC(=O)CNCc3ccc(F)cc3F)cc2)cc1)C(=O)NO. The van der Waals surface area contributed by atoms with Gasteiger partial charge in [0.15, 0.2) is 0 Å². The Labute approximate surface area is 217 Å². The molecule has 38 heavy (non-hydrogen) atoms. The van der Waals surface area contributed by atoms with Gasteiger partial charge < -0.3 is 21.7 Å². The zero-order valence-corrected chi connectivity index (χ0v) is 20.1. The van der Waals surface area contributed by atoms with Crippen LogP contribution >= 0.6 is 0 Å². The maximum Gasteiger partial charge on any atom is 0.267 e. The van der Waals surface area contributed by atoms with E-state index >= 15 is 0 Å². The van der Waals surface area contributed by atoms with E-state index in [2.05, 4.69) is 27.8 Å². The minimum Gasteiger partial charge on any atom is -0.339 e. The van der Waals surface area contributed by atoms with E-state index in [9.17, 15) is 23.2 Å². The van der Waals surface area contributed by atoms with Crippen LogP contribution in [-0.2, 0) is 16.1 Å². The second-order valence-electron chi connectivity index (χ2n) is 8.03. The maximum absolute atomic E-state index is 13.6. The fourth-order valence-corrected chi connectivity index (χ4v) is 3.22. The summed E-state index contributed by atoms with van der Waals surface area (Å²) in [6.45, 7) is -0.164. The third-order valence-corrected chi connectivity index (χ3v) is 5.25. The van der Waals surface area contributed by atoms with Crippen LogP contribution in [0.3, 0.4) is 0 Å². The first-order valence-electron chi connectivity index (χ1n) is 11.4. The summed E-state index contributed by atoms with van der Waals surface area (Å²) < 4.78 is 26.6. The summed E-state index contributed by atoms with van der Waals surface area (Å²) in [6.07, 6.45) is 0. The highest BCUT2D eigenvalue weighted by atomic mass is 19.1. The summed E-state index contributed by atoms with van der Waals surface area (Å²) in [5.41, 5.74) is 9.31. The minimum absolute atomic E-state index is 0.0616. The molecule has 1 atom stereocenters. The van der Waals surface area contributed by atoms with Crippen molar-refractivity contribution in [3.05, 3.63) is 101 Å². The van der Waals surface area contributed by atoms with E-state index in [1.807, 2.05) is 0 Å². The Kier molecular flexibility index (Phi) is 10.0. The van der Waals surface area contributed by atoms with Crippen LogP contribution in [0.2, 0.25) is 0 Å². The minimum atomic E-state index is -1.07. The third kappa shape index (κ3) is 8.21. The highest BCUT2D eigenvalue weighted by Crippen LogP contribution is 2.11. The molecule has 0 aromatic heterocycles. The normalized spacial score (nSPS) is 11.1. The van der Waals surface area contributed by atoms with Crippen LogP contribution in [-0.4, -0.2) is 42.1 Å². The summed E-state index contributed by atoms with van der Waals surface area (Å²) in [5.74, 6) is 2.93. The van der Waals surface area contributed by atoms with Crippen molar-refractivity contribution < 1.29 is 28.4 Å². The molecule has 0 unspecified atom stereocenters. The van der Waals surface area contributed by atoms with E-state index in [0.29, 0.717) is 16.8 Å². The molecule has 0 heterocycles. The van der Waals surface area contributed by atoms with Gasteiger partial charge in [-0.3, -0.25) is 19.6 Å². The average molecular weight is 522 g/mol. The second kappa shape index (κ2) is 13.6. The first-order valence-corrected chi connectivity index (χ1v) is 11.4. The van der Waals surface area contributed by atoms with Gasteiger partial charge in [-0.05, 0) is 54.6 Å². The van der Waals surface area contributed by atoms with Crippen LogP contribution < -0.4 is 27.2 Å². The molecule has 0 aliphatic rings. The number of anilines is 1. The predicted molar refractivity (Wildman–Crippen MR) is 136 cm³/mol. The van der Waals surface area contributed by atoms with Gasteiger partial charge in [-0.1, -0.05) is 17.9 Å². The lowest BCUT2D eigenvalue weighted by molar-refractivity contribution is -0.130. The zero-order valence-electron chi connectivity index (χ0n) is 20.1. The lowest BCUT2D eigenvalue weighted by Crippen LogP contribution is -2.50. The highest BCUT2D eigenvalue weighted by Gasteiger charge is 2.19. The molecule has 3 rings (SSSR count). The molecule has 9 nitrogen and oxygen atoms in total. The average Bonchev–Trinajstić information content (AvgIpc) is 2.92. The van der Waals surface area contributed by atoms with Crippen LogP contribution in [0.1, 0.15) is 27.0 Å². The number of benzene rings is 3. The number of halogens is 2. The monoisotopic (exact) mass is 521 g/mol. The zero-order chi connectivity index (χ0) is 27.5. The number of carbonyl (C=O) groups excluding carboxylic acids is 3. The van der Waals surface area contributed by atoms with Crippen LogP contribution in [0.15, 0.2) is 66.7 Å². The molecule has 196 valence electrons. The molecule has 11 heteroatoms. The van der Waals surface area contributed by atoms with Crippen molar-refractivity contribution in [2.24, 2.45) is 5.73 Å². The number of hydroxylamine groups is 1.